The quantitative estimate of drug-likeness (QED) is 0.620. The molecule has 5 nitrogen and oxygen atoms in total. The molecule has 2 aliphatic rings. The Morgan fingerprint density at radius 1 is 1.28 bits per heavy atom. The number of imide groups is 1. The second-order valence-electron chi connectivity index (χ2n) is 6.18. The lowest BCUT2D eigenvalue weighted by molar-refractivity contribution is -0.151. The number of amides is 2. The maximum atomic E-state index is 12.1. The van der Waals surface area contributed by atoms with Crippen molar-refractivity contribution in [2.45, 2.75) is 64.0 Å². The third-order valence-corrected chi connectivity index (χ3v) is 3.46. The minimum atomic E-state index is -0.635. The van der Waals surface area contributed by atoms with E-state index in [9.17, 15) is 14.4 Å². The minimum Gasteiger partial charge on any atom is -0.443 e. The Morgan fingerprint density at radius 3 is 2.33 bits per heavy atom. The van der Waals surface area contributed by atoms with Gasteiger partial charge in [-0.15, -0.1) is 0 Å². The SMILES string of the molecule is CC(C)(C)OC(=O)N1C(=O)CC(=O)CC12CCC2. The number of ketones is 1. The number of carbonyl (C=O) groups excluding carboxylic acids is 3. The summed E-state index contributed by atoms with van der Waals surface area (Å²) in [4.78, 5) is 36.8. The number of Topliss-reactive ketones (excluding diaryl/α,β-unsaturated/α-hetero) is 1. The van der Waals surface area contributed by atoms with Crippen LogP contribution in [0, 0.1) is 0 Å². The first-order valence-electron chi connectivity index (χ1n) is 6.31. The summed E-state index contributed by atoms with van der Waals surface area (Å²) in [6.07, 6.45) is 1.87. The van der Waals surface area contributed by atoms with E-state index in [1.54, 1.807) is 20.8 Å². The molecule has 1 heterocycles. The van der Waals surface area contributed by atoms with Gasteiger partial charge in [-0.3, -0.25) is 9.59 Å². The fourth-order valence-electron chi connectivity index (χ4n) is 2.61. The van der Waals surface area contributed by atoms with Gasteiger partial charge in [0.15, 0.2) is 0 Å². The molecule has 2 rings (SSSR count). The lowest BCUT2D eigenvalue weighted by atomic mass is 9.70. The van der Waals surface area contributed by atoms with Crippen molar-refractivity contribution in [3.05, 3.63) is 0 Å². The number of rotatable bonds is 0. The lowest BCUT2D eigenvalue weighted by Crippen LogP contribution is -2.63. The van der Waals surface area contributed by atoms with Crippen molar-refractivity contribution < 1.29 is 19.1 Å². The Bertz CT molecular complexity index is 404. The van der Waals surface area contributed by atoms with E-state index in [-0.39, 0.29) is 18.6 Å². The highest BCUT2D eigenvalue weighted by molar-refractivity contribution is 6.07. The average molecular weight is 253 g/mol. The van der Waals surface area contributed by atoms with Gasteiger partial charge in [-0.1, -0.05) is 0 Å². The van der Waals surface area contributed by atoms with Gasteiger partial charge in [0, 0.05) is 6.42 Å². The fraction of sp³-hybridized carbons (Fsp3) is 0.769. The first-order chi connectivity index (χ1) is 8.23. The molecule has 1 aliphatic carbocycles. The highest BCUT2D eigenvalue weighted by Gasteiger charge is 2.53. The summed E-state index contributed by atoms with van der Waals surface area (Å²) in [5, 5.41) is 0. The summed E-state index contributed by atoms with van der Waals surface area (Å²) in [7, 11) is 0. The molecule has 0 aromatic carbocycles. The monoisotopic (exact) mass is 253 g/mol. The van der Waals surface area contributed by atoms with E-state index in [0.717, 1.165) is 6.42 Å². The van der Waals surface area contributed by atoms with Crippen LogP contribution in [0.25, 0.3) is 0 Å². The number of carbonyl (C=O) groups is 3. The maximum Gasteiger partial charge on any atom is 0.417 e. The number of nitrogens with zero attached hydrogens (tertiary/aromatic N) is 1. The van der Waals surface area contributed by atoms with Crippen LogP contribution in [0.5, 0.6) is 0 Å². The van der Waals surface area contributed by atoms with Crippen molar-refractivity contribution in [2.24, 2.45) is 0 Å². The molecule has 0 atom stereocenters. The van der Waals surface area contributed by atoms with Crippen molar-refractivity contribution in [1.82, 2.24) is 4.90 Å². The van der Waals surface area contributed by atoms with Crippen molar-refractivity contribution in [3.63, 3.8) is 0 Å². The van der Waals surface area contributed by atoms with E-state index >= 15 is 0 Å². The van der Waals surface area contributed by atoms with E-state index < -0.39 is 23.1 Å². The van der Waals surface area contributed by atoms with Gasteiger partial charge in [0.1, 0.15) is 11.4 Å². The van der Waals surface area contributed by atoms with Crippen LogP contribution in [0.3, 0.4) is 0 Å². The molecule has 0 radical (unpaired) electrons. The third-order valence-electron chi connectivity index (χ3n) is 3.46. The van der Waals surface area contributed by atoms with Crippen LogP contribution in [-0.4, -0.2) is 33.8 Å². The minimum absolute atomic E-state index is 0.0699. The molecular formula is C13H19NO4. The number of hydrogen-bond acceptors (Lipinski definition) is 4. The molecule has 18 heavy (non-hydrogen) atoms. The Balaban J connectivity index is 2.21. The molecule has 2 fully saturated rings. The van der Waals surface area contributed by atoms with Crippen LogP contribution < -0.4 is 0 Å². The molecule has 5 heteroatoms. The van der Waals surface area contributed by atoms with Gasteiger partial charge in [0.2, 0.25) is 5.91 Å². The predicted octanol–water partition coefficient (Wildman–Crippen LogP) is 2.04. The van der Waals surface area contributed by atoms with Crippen LogP contribution in [0.15, 0.2) is 0 Å². The molecule has 1 spiro atoms. The number of likely N-dealkylation sites (tertiary alicyclic amines) is 1. The molecule has 0 aromatic rings. The van der Waals surface area contributed by atoms with Crippen molar-refractivity contribution >= 4 is 17.8 Å². The summed E-state index contributed by atoms with van der Waals surface area (Å²) >= 11 is 0. The van der Waals surface area contributed by atoms with Crippen LogP contribution in [0.1, 0.15) is 52.9 Å². The smallest absolute Gasteiger partial charge is 0.417 e. The summed E-state index contributed by atoms with van der Waals surface area (Å²) in [6, 6.07) is 0. The molecule has 2 amide bonds. The zero-order chi connectivity index (χ0) is 13.6. The summed E-state index contributed by atoms with van der Waals surface area (Å²) in [5.74, 6) is -0.486. The lowest BCUT2D eigenvalue weighted by Gasteiger charge is -2.50. The molecule has 1 saturated heterocycles. The largest absolute Gasteiger partial charge is 0.443 e. The van der Waals surface area contributed by atoms with Gasteiger partial charge in [-0.05, 0) is 40.0 Å². The molecule has 0 aromatic heterocycles. The van der Waals surface area contributed by atoms with E-state index in [4.69, 9.17) is 4.74 Å². The second-order valence-corrected chi connectivity index (χ2v) is 6.18. The zero-order valence-corrected chi connectivity index (χ0v) is 11.1. The van der Waals surface area contributed by atoms with E-state index in [1.807, 2.05) is 0 Å². The zero-order valence-electron chi connectivity index (χ0n) is 11.1. The van der Waals surface area contributed by atoms with Crippen molar-refractivity contribution in [2.75, 3.05) is 0 Å². The first-order valence-corrected chi connectivity index (χ1v) is 6.31. The number of hydrogen-bond donors (Lipinski definition) is 0. The summed E-state index contributed by atoms with van der Waals surface area (Å²) in [6.45, 7) is 5.29. The number of ether oxygens (including phenoxy) is 1. The Hall–Kier alpha value is -1.39. The second kappa shape index (κ2) is 4.07. The summed E-state index contributed by atoms with van der Waals surface area (Å²) < 4.78 is 5.27. The highest BCUT2D eigenvalue weighted by atomic mass is 16.6. The van der Waals surface area contributed by atoms with Gasteiger partial charge in [0.05, 0.1) is 12.0 Å². The van der Waals surface area contributed by atoms with E-state index in [2.05, 4.69) is 0 Å². The van der Waals surface area contributed by atoms with Gasteiger partial charge in [-0.25, -0.2) is 9.69 Å². The molecule has 0 bridgehead atoms. The third kappa shape index (κ3) is 2.26. The molecule has 0 N–H and O–H groups in total. The van der Waals surface area contributed by atoms with Gasteiger partial charge in [-0.2, -0.15) is 0 Å². The Morgan fingerprint density at radius 2 is 1.89 bits per heavy atom. The highest BCUT2D eigenvalue weighted by Crippen LogP contribution is 2.44. The number of piperidine rings is 1. The topological polar surface area (TPSA) is 63.7 Å². The molecule has 1 aliphatic heterocycles. The standard InChI is InChI=1S/C13H19NO4/c1-12(2,3)18-11(17)14-10(16)7-9(15)8-13(14)5-4-6-13/h4-8H2,1-3H3. The Kier molecular flexibility index (Phi) is 2.95. The van der Waals surface area contributed by atoms with Gasteiger partial charge < -0.3 is 4.74 Å². The van der Waals surface area contributed by atoms with Crippen LogP contribution in [0.4, 0.5) is 4.79 Å². The van der Waals surface area contributed by atoms with E-state index in [0.29, 0.717) is 12.8 Å². The Labute approximate surface area is 106 Å². The predicted molar refractivity (Wildman–Crippen MR) is 63.9 cm³/mol. The summed E-state index contributed by atoms with van der Waals surface area (Å²) in [5.41, 5.74) is -1.22. The van der Waals surface area contributed by atoms with Crippen LogP contribution in [0.2, 0.25) is 0 Å². The molecule has 1 saturated carbocycles. The van der Waals surface area contributed by atoms with E-state index in [1.165, 1.54) is 4.90 Å². The average Bonchev–Trinajstić information content (AvgIpc) is 2.10. The fourth-order valence-corrected chi connectivity index (χ4v) is 2.61. The maximum absolute atomic E-state index is 12.1. The normalized spacial score (nSPS) is 22.9. The van der Waals surface area contributed by atoms with Crippen LogP contribution >= 0.6 is 0 Å². The molecule has 100 valence electrons. The van der Waals surface area contributed by atoms with Crippen molar-refractivity contribution in [1.29, 1.82) is 0 Å². The van der Waals surface area contributed by atoms with Gasteiger partial charge in [0.25, 0.3) is 0 Å². The molecule has 0 unspecified atom stereocenters. The molecular weight excluding hydrogens is 234 g/mol. The first kappa shape index (κ1) is 13.1. The van der Waals surface area contributed by atoms with Gasteiger partial charge >= 0.3 is 6.09 Å². The van der Waals surface area contributed by atoms with Crippen molar-refractivity contribution in [3.8, 4) is 0 Å². The van der Waals surface area contributed by atoms with Crippen LogP contribution in [-0.2, 0) is 14.3 Å².